The van der Waals surface area contributed by atoms with Gasteiger partial charge in [0.1, 0.15) is 16.7 Å². The fraction of sp³-hybridized carbons (Fsp3) is 0.333. The zero-order valence-corrected chi connectivity index (χ0v) is 12.3. The first-order valence-electron chi connectivity index (χ1n) is 7.05. The number of halogens is 1. The van der Waals surface area contributed by atoms with Gasteiger partial charge in [0.2, 0.25) is 5.91 Å². The molecule has 0 fully saturated rings. The number of amides is 1. The van der Waals surface area contributed by atoms with E-state index < -0.39 is 0 Å². The molecule has 0 spiro atoms. The molecule has 1 aliphatic heterocycles. The quantitative estimate of drug-likeness (QED) is 0.698. The lowest BCUT2D eigenvalue weighted by atomic mass is 10.1. The van der Waals surface area contributed by atoms with Crippen molar-refractivity contribution in [2.24, 2.45) is 5.73 Å². The Morgan fingerprint density at radius 3 is 2.95 bits per heavy atom. The molecule has 4 N–H and O–H groups in total. The number of aromatic amines is 1. The van der Waals surface area contributed by atoms with Crippen LogP contribution in [0.3, 0.4) is 0 Å². The summed E-state index contributed by atoms with van der Waals surface area (Å²) in [5.74, 6) is 0.695. The van der Waals surface area contributed by atoms with Crippen LogP contribution in [0.15, 0.2) is 24.3 Å². The third-order valence-corrected chi connectivity index (χ3v) is 3.93. The van der Waals surface area contributed by atoms with E-state index in [4.69, 9.17) is 17.3 Å². The molecule has 1 aliphatic rings. The van der Waals surface area contributed by atoms with E-state index >= 15 is 0 Å². The maximum Gasteiger partial charge on any atom is 0.224 e. The van der Waals surface area contributed by atoms with Gasteiger partial charge in [0, 0.05) is 12.0 Å². The van der Waals surface area contributed by atoms with Crippen LogP contribution in [0.4, 0.5) is 5.69 Å². The van der Waals surface area contributed by atoms with E-state index in [0.29, 0.717) is 23.1 Å². The molecule has 1 atom stereocenters. The van der Waals surface area contributed by atoms with Gasteiger partial charge in [-0.3, -0.25) is 4.79 Å². The molecule has 1 aromatic heterocycles. The first-order valence-corrected chi connectivity index (χ1v) is 7.43. The summed E-state index contributed by atoms with van der Waals surface area (Å²) in [6.07, 6.45) is 2.96. The van der Waals surface area contributed by atoms with E-state index in [1.165, 1.54) is 0 Å². The van der Waals surface area contributed by atoms with E-state index in [1.54, 1.807) is 0 Å². The van der Waals surface area contributed by atoms with Gasteiger partial charge in [0.25, 0.3) is 0 Å². The number of para-hydroxylation sites is 1. The highest BCUT2D eigenvalue weighted by Crippen LogP contribution is 2.33. The van der Waals surface area contributed by atoms with Crippen LogP contribution in [0, 0.1) is 0 Å². The number of nitrogens with one attached hydrogen (secondary N) is 2. The number of nitrogens with two attached hydrogens (primary N) is 1. The van der Waals surface area contributed by atoms with E-state index in [2.05, 4.69) is 15.3 Å². The Balaban J connectivity index is 2.10. The lowest BCUT2D eigenvalue weighted by molar-refractivity contribution is -0.116. The highest BCUT2D eigenvalue weighted by molar-refractivity contribution is 6.32. The van der Waals surface area contributed by atoms with Crippen molar-refractivity contribution in [2.75, 3.05) is 5.32 Å². The summed E-state index contributed by atoms with van der Waals surface area (Å²) in [6.45, 7) is 0. The Kier molecular flexibility index (Phi) is 3.94. The van der Waals surface area contributed by atoms with E-state index in [9.17, 15) is 4.79 Å². The minimum atomic E-state index is -0.189. The average molecular weight is 305 g/mol. The van der Waals surface area contributed by atoms with Crippen molar-refractivity contribution in [3.05, 3.63) is 35.2 Å². The summed E-state index contributed by atoms with van der Waals surface area (Å²) in [5.41, 5.74) is 8.27. The molecule has 0 radical (unpaired) electrons. The van der Waals surface area contributed by atoms with Gasteiger partial charge in [-0.15, -0.1) is 0 Å². The van der Waals surface area contributed by atoms with Crippen molar-refractivity contribution in [3.8, 4) is 11.3 Å². The topological polar surface area (TPSA) is 83.8 Å². The van der Waals surface area contributed by atoms with E-state index in [-0.39, 0.29) is 11.9 Å². The summed E-state index contributed by atoms with van der Waals surface area (Å²) in [5, 5.41) is 3.38. The van der Waals surface area contributed by atoms with Gasteiger partial charge in [0.05, 0.1) is 11.7 Å². The monoisotopic (exact) mass is 304 g/mol. The molecule has 2 bridgehead atoms. The highest BCUT2D eigenvalue weighted by atomic mass is 35.5. The Bertz CT molecular complexity index is 667. The smallest absolute Gasteiger partial charge is 0.224 e. The van der Waals surface area contributed by atoms with Crippen LogP contribution in [0.2, 0.25) is 5.15 Å². The summed E-state index contributed by atoms with van der Waals surface area (Å²) in [7, 11) is 0. The third-order valence-electron chi connectivity index (χ3n) is 3.65. The first-order chi connectivity index (χ1) is 10.1. The molecule has 2 aromatic rings. The van der Waals surface area contributed by atoms with Gasteiger partial charge < -0.3 is 16.0 Å². The predicted molar refractivity (Wildman–Crippen MR) is 83.1 cm³/mol. The summed E-state index contributed by atoms with van der Waals surface area (Å²) < 4.78 is 0. The molecule has 110 valence electrons. The maximum atomic E-state index is 12.0. The molecule has 0 unspecified atom stereocenters. The van der Waals surface area contributed by atoms with Crippen LogP contribution >= 0.6 is 11.6 Å². The van der Waals surface area contributed by atoms with E-state index in [1.807, 2.05) is 24.3 Å². The maximum absolute atomic E-state index is 12.0. The fourth-order valence-corrected chi connectivity index (χ4v) is 2.76. The molecule has 6 heteroatoms. The number of carbonyl (C=O) groups excluding carboxylic acids is 1. The molecular weight excluding hydrogens is 288 g/mol. The highest BCUT2D eigenvalue weighted by Gasteiger charge is 2.19. The zero-order chi connectivity index (χ0) is 14.8. The number of carbonyl (C=O) groups is 1. The lowest BCUT2D eigenvalue weighted by Gasteiger charge is -2.12. The normalized spacial score (nSPS) is 19.1. The van der Waals surface area contributed by atoms with Gasteiger partial charge in [0.15, 0.2) is 0 Å². The number of anilines is 1. The summed E-state index contributed by atoms with van der Waals surface area (Å²) in [4.78, 5) is 19.6. The van der Waals surface area contributed by atoms with Gasteiger partial charge >= 0.3 is 0 Å². The van der Waals surface area contributed by atoms with Crippen molar-refractivity contribution in [1.29, 1.82) is 0 Å². The van der Waals surface area contributed by atoms with Crippen LogP contribution < -0.4 is 11.1 Å². The third kappa shape index (κ3) is 2.94. The van der Waals surface area contributed by atoms with Crippen molar-refractivity contribution in [2.45, 2.75) is 31.7 Å². The first kappa shape index (κ1) is 14.1. The number of hydrogen-bond donors (Lipinski definition) is 3. The number of fused-ring (bicyclic) bond motifs is 4. The van der Waals surface area contributed by atoms with Gasteiger partial charge in [-0.1, -0.05) is 36.2 Å². The number of aromatic nitrogens is 2. The summed E-state index contributed by atoms with van der Waals surface area (Å²) >= 11 is 6.26. The molecule has 21 heavy (non-hydrogen) atoms. The minimum absolute atomic E-state index is 0.00322. The molecule has 2 heterocycles. The molecular formula is C15H17ClN4O. The second-order valence-corrected chi connectivity index (χ2v) is 5.61. The fourth-order valence-electron chi connectivity index (χ4n) is 2.52. The molecule has 0 saturated heterocycles. The van der Waals surface area contributed by atoms with Crippen molar-refractivity contribution in [1.82, 2.24) is 9.97 Å². The number of imidazole rings is 1. The Labute approximate surface area is 127 Å². The predicted octanol–water partition coefficient (Wildman–Crippen LogP) is 3.24. The lowest BCUT2D eigenvalue weighted by Crippen LogP contribution is -2.15. The van der Waals surface area contributed by atoms with Crippen LogP contribution in [0.1, 0.15) is 37.5 Å². The van der Waals surface area contributed by atoms with Crippen LogP contribution in [-0.4, -0.2) is 15.9 Å². The van der Waals surface area contributed by atoms with Crippen LogP contribution in [-0.2, 0) is 4.79 Å². The van der Waals surface area contributed by atoms with Gasteiger partial charge in [-0.2, -0.15) is 0 Å². The standard InChI is InChI=1S/C15H17ClN4O/c16-14-13-9-5-1-3-7-11(9)18-12(21)8-4-2-6-10(17)15(19-13)20-14/h1,3,5,7,10H,2,4,6,8,17H2,(H,18,21)(H,19,20)/t10-/m0/s1. The van der Waals surface area contributed by atoms with Crippen LogP contribution in [0.25, 0.3) is 11.3 Å². The second kappa shape index (κ2) is 5.87. The molecule has 1 aromatic carbocycles. The average Bonchev–Trinajstić information content (AvgIpc) is 2.85. The molecule has 0 saturated carbocycles. The molecule has 5 nitrogen and oxygen atoms in total. The van der Waals surface area contributed by atoms with Crippen molar-refractivity contribution >= 4 is 23.2 Å². The molecule has 3 rings (SSSR count). The number of benzene rings is 1. The largest absolute Gasteiger partial charge is 0.331 e. The van der Waals surface area contributed by atoms with Crippen LogP contribution in [0.5, 0.6) is 0 Å². The van der Waals surface area contributed by atoms with Gasteiger partial charge in [-0.25, -0.2) is 4.98 Å². The van der Waals surface area contributed by atoms with Crippen molar-refractivity contribution < 1.29 is 4.79 Å². The second-order valence-electron chi connectivity index (χ2n) is 5.23. The SMILES string of the molecule is N[C@H]1CCCCC(=O)Nc2ccccc2-c2nc1[nH]c2Cl. The van der Waals surface area contributed by atoms with Crippen molar-refractivity contribution in [3.63, 3.8) is 0 Å². The van der Waals surface area contributed by atoms with Gasteiger partial charge in [-0.05, 0) is 18.9 Å². The minimum Gasteiger partial charge on any atom is -0.331 e. The number of nitrogens with zero attached hydrogens (tertiary/aromatic N) is 1. The Morgan fingerprint density at radius 1 is 1.29 bits per heavy atom. The summed E-state index contributed by atoms with van der Waals surface area (Å²) in [6, 6.07) is 7.31. The zero-order valence-electron chi connectivity index (χ0n) is 11.5. The van der Waals surface area contributed by atoms with E-state index in [0.717, 1.165) is 30.5 Å². The number of H-pyrrole nitrogens is 1. The Hall–Kier alpha value is -1.85. The molecule has 0 aliphatic carbocycles. The number of hydrogen-bond acceptors (Lipinski definition) is 3. The Morgan fingerprint density at radius 2 is 2.10 bits per heavy atom. The molecule has 1 amide bonds. The number of rotatable bonds is 0.